The SMILES string of the molecule is c1ccc(N2c3ccccc3C(c3ccc4oc5ccccc5c4c3)(c3ccc4oc5ccccc5c4c3)c3ccccc32)cc1. The summed E-state index contributed by atoms with van der Waals surface area (Å²) in [6.07, 6.45) is 0. The number of furan rings is 2. The Balaban J connectivity index is 1.37. The topological polar surface area (TPSA) is 29.5 Å². The van der Waals surface area contributed by atoms with E-state index in [-0.39, 0.29) is 0 Å². The lowest BCUT2D eigenvalue weighted by atomic mass is 9.62. The average Bonchev–Trinajstić information content (AvgIpc) is 3.69. The predicted molar refractivity (Wildman–Crippen MR) is 188 cm³/mol. The fourth-order valence-electron chi connectivity index (χ4n) is 7.81. The third kappa shape index (κ3) is 3.37. The van der Waals surface area contributed by atoms with Crippen molar-refractivity contribution in [3.8, 4) is 0 Å². The lowest BCUT2D eigenvalue weighted by molar-refractivity contribution is 0.667. The van der Waals surface area contributed by atoms with Crippen LogP contribution >= 0.6 is 0 Å². The van der Waals surface area contributed by atoms with Gasteiger partial charge in [-0.25, -0.2) is 0 Å². The highest BCUT2D eigenvalue weighted by molar-refractivity contribution is 6.07. The predicted octanol–water partition coefficient (Wildman–Crippen LogP) is 11.7. The molecule has 3 heterocycles. The zero-order valence-electron chi connectivity index (χ0n) is 24.9. The minimum Gasteiger partial charge on any atom is -0.456 e. The second-order valence-corrected chi connectivity index (χ2v) is 12.1. The Morgan fingerprint density at radius 3 is 1.35 bits per heavy atom. The van der Waals surface area contributed by atoms with E-state index in [1.54, 1.807) is 0 Å². The summed E-state index contributed by atoms with van der Waals surface area (Å²) >= 11 is 0. The molecule has 2 aromatic heterocycles. The molecule has 0 aliphatic carbocycles. The maximum absolute atomic E-state index is 6.32. The normalized spacial score (nSPS) is 13.8. The van der Waals surface area contributed by atoms with Gasteiger partial charge < -0.3 is 13.7 Å². The average molecular weight is 590 g/mol. The molecule has 0 spiro atoms. The molecule has 0 fully saturated rings. The van der Waals surface area contributed by atoms with Crippen molar-refractivity contribution in [2.75, 3.05) is 4.90 Å². The van der Waals surface area contributed by atoms with Crippen LogP contribution in [0.25, 0.3) is 43.9 Å². The largest absolute Gasteiger partial charge is 0.456 e. The lowest BCUT2D eigenvalue weighted by Crippen LogP contribution is -2.37. The van der Waals surface area contributed by atoms with Gasteiger partial charge in [-0.3, -0.25) is 0 Å². The van der Waals surface area contributed by atoms with E-state index in [2.05, 4.69) is 144 Å². The first kappa shape index (κ1) is 25.3. The van der Waals surface area contributed by atoms with Gasteiger partial charge in [-0.05, 0) is 82.9 Å². The molecule has 0 amide bonds. The van der Waals surface area contributed by atoms with Crippen LogP contribution in [0.2, 0.25) is 0 Å². The van der Waals surface area contributed by atoms with Gasteiger partial charge in [0.2, 0.25) is 0 Å². The van der Waals surface area contributed by atoms with Crippen LogP contribution in [0.1, 0.15) is 22.3 Å². The van der Waals surface area contributed by atoms with Gasteiger partial charge in [0.05, 0.1) is 16.8 Å². The Morgan fingerprint density at radius 2 is 0.804 bits per heavy atom. The zero-order valence-corrected chi connectivity index (χ0v) is 24.9. The number of benzene rings is 7. The number of para-hydroxylation sites is 5. The third-order valence-electron chi connectivity index (χ3n) is 9.73. The molecule has 0 radical (unpaired) electrons. The van der Waals surface area contributed by atoms with Crippen molar-refractivity contribution in [2.45, 2.75) is 5.41 Å². The van der Waals surface area contributed by atoms with Gasteiger partial charge >= 0.3 is 0 Å². The molecule has 1 aliphatic heterocycles. The highest BCUT2D eigenvalue weighted by atomic mass is 16.3. The van der Waals surface area contributed by atoms with E-state index in [9.17, 15) is 0 Å². The van der Waals surface area contributed by atoms with E-state index in [1.807, 2.05) is 24.3 Å². The Hall–Kier alpha value is -6.06. The molecule has 10 rings (SSSR count). The molecule has 1 aliphatic rings. The van der Waals surface area contributed by atoms with Crippen LogP contribution in [0.5, 0.6) is 0 Å². The monoisotopic (exact) mass is 589 g/mol. The molecule has 46 heavy (non-hydrogen) atoms. The van der Waals surface area contributed by atoms with Gasteiger partial charge in [0.25, 0.3) is 0 Å². The smallest absolute Gasteiger partial charge is 0.135 e. The Labute approximate surface area is 265 Å². The van der Waals surface area contributed by atoms with Crippen molar-refractivity contribution >= 4 is 60.9 Å². The van der Waals surface area contributed by atoms with Crippen LogP contribution in [0.15, 0.2) is 173 Å². The van der Waals surface area contributed by atoms with Crippen molar-refractivity contribution in [3.63, 3.8) is 0 Å². The summed E-state index contributed by atoms with van der Waals surface area (Å²) in [5.41, 5.74) is 11.2. The van der Waals surface area contributed by atoms with Crippen molar-refractivity contribution < 1.29 is 8.83 Å². The number of nitrogens with zero attached hydrogens (tertiary/aromatic N) is 1. The van der Waals surface area contributed by atoms with E-state index in [1.165, 1.54) is 22.3 Å². The molecule has 0 atom stereocenters. The van der Waals surface area contributed by atoms with Crippen LogP contribution in [-0.2, 0) is 5.41 Å². The molecular weight excluding hydrogens is 562 g/mol. The van der Waals surface area contributed by atoms with Gasteiger partial charge in [0.15, 0.2) is 0 Å². The molecule has 0 saturated carbocycles. The fourth-order valence-corrected chi connectivity index (χ4v) is 7.81. The van der Waals surface area contributed by atoms with E-state index >= 15 is 0 Å². The number of rotatable bonds is 3. The Kier molecular flexibility index (Phi) is 5.20. The molecule has 0 saturated heterocycles. The van der Waals surface area contributed by atoms with Crippen LogP contribution < -0.4 is 4.90 Å². The van der Waals surface area contributed by atoms with E-state index in [0.29, 0.717) is 0 Å². The first-order valence-corrected chi connectivity index (χ1v) is 15.7. The molecule has 0 N–H and O–H groups in total. The Morgan fingerprint density at radius 1 is 0.370 bits per heavy atom. The maximum Gasteiger partial charge on any atom is 0.135 e. The summed E-state index contributed by atoms with van der Waals surface area (Å²) in [4.78, 5) is 2.40. The molecule has 216 valence electrons. The standard InChI is InChI=1S/C43H27NO2/c1-2-12-30(13-3-1)44-37-18-8-6-16-35(37)43(36-17-7-9-19-38(36)44,28-22-24-41-33(26-28)31-14-4-10-20-39(31)45-41)29-23-25-42-34(27-29)32-15-5-11-21-40(32)46-42/h1-27H. The summed E-state index contributed by atoms with van der Waals surface area (Å²) < 4.78 is 12.6. The first-order valence-electron chi connectivity index (χ1n) is 15.7. The summed E-state index contributed by atoms with van der Waals surface area (Å²) in [6, 6.07) is 58.6. The number of hydrogen-bond donors (Lipinski definition) is 0. The van der Waals surface area contributed by atoms with Crippen LogP contribution in [-0.4, -0.2) is 0 Å². The molecule has 7 aromatic carbocycles. The minimum absolute atomic E-state index is 0.641. The van der Waals surface area contributed by atoms with Crippen molar-refractivity contribution in [3.05, 3.63) is 186 Å². The van der Waals surface area contributed by atoms with Gasteiger partial charge in [-0.1, -0.05) is 103 Å². The molecular formula is C43H27NO2. The second-order valence-electron chi connectivity index (χ2n) is 12.1. The van der Waals surface area contributed by atoms with E-state index < -0.39 is 5.41 Å². The van der Waals surface area contributed by atoms with Gasteiger partial charge in [0.1, 0.15) is 22.3 Å². The van der Waals surface area contributed by atoms with Crippen molar-refractivity contribution in [2.24, 2.45) is 0 Å². The van der Waals surface area contributed by atoms with Crippen LogP contribution in [0, 0.1) is 0 Å². The molecule has 9 aromatic rings. The maximum atomic E-state index is 6.32. The second kappa shape index (κ2) is 9.47. The number of fused-ring (bicyclic) bond motifs is 8. The van der Waals surface area contributed by atoms with Gasteiger partial charge in [0, 0.05) is 27.2 Å². The summed E-state index contributed by atoms with van der Waals surface area (Å²) in [6.45, 7) is 0. The summed E-state index contributed by atoms with van der Waals surface area (Å²) in [5.74, 6) is 0. The summed E-state index contributed by atoms with van der Waals surface area (Å²) in [5, 5.41) is 4.47. The van der Waals surface area contributed by atoms with Crippen molar-refractivity contribution in [1.82, 2.24) is 0 Å². The molecule has 3 heteroatoms. The van der Waals surface area contributed by atoms with Gasteiger partial charge in [-0.15, -0.1) is 0 Å². The van der Waals surface area contributed by atoms with E-state index in [4.69, 9.17) is 8.83 Å². The Bertz CT molecular complexity index is 2450. The van der Waals surface area contributed by atoms with Crippen LogP contribution in [0.3, 0.4) is 0 Å². The highest BCUT2D eigenvalue weighted by Gasteiger charge is 2.46. The van der Waals surface area contributed by atoms with E-state index in [0.717, 1.165) is 60.9 Å². The zero-order chi connectivity index (χ0) is 30.2. The first-order chi connectivity index (χ1) is 22.8. The summed E-state index contributed by atoms with van der Waals surface area (Å²) in [7, 11) is 0. The van der Waals surface area contributed by atoms with Crippen LogP contribution in [0.4, 0.5) is 17.1 Å². The fraction of sp³-hybridized carbons (Fsp3) is 0.0233. The molecule has 0 bridgehead atoms. The number of hydrogen-bond acceptors (Lipinski definition) is 3. The molecule has 0 unspecified atom stereocenters. The highest BCUT2D eigenvalue weighted by Crippen LogP contribution is 2.58. The quantitative estimate of drug-likeness (QED) is 0.205. The number of anilines is 3. The lowest BCUT2D eigenvalue weighted by Gasteiger charge is -2.46. The minimum atomic E-state index is -0.641. The van der Waals surface area contributed by atoms with Crippen molar-refractivity contribution in [1.29, 1.82) is 0 Å². The third-order valence-corrected chi connectivity index (χ3v) is 9.73. The van der Waals surface area contributed by atoms with Gasteiger partial charge in [-0.2, -0.15) is 0 Å². The molecule has 3 nitrogen and oxygen atoms in total.